The Morgan fingerprint density at radius 1 is 1.47 bits per heavy atom. The van der Waals surface area contributed by atoms with E-state index < -0.39 is 30.9 Å². The number of aromatic carboxylic acids is 1. The maximum Gasteiger partial charge on any atom is 0.427 e. The lowest BCUT2D eigenvalue weighted by Gasteiger charge is -2.13. The predicted molar refractivity (Wildman–Crippen MR) is 54.9 cm³/mol. The van der Waals surface area contributed by atoms with Gasteiger partial charge in [0.1, 0.15) is 5.82 Å². The van der Waals surface area contributed by atoms with E-state index in [2.05, 4.69) is 9.72 Å². The van der Waals surface area contributed by atoms with Crippen LogP contribution in [0.4, 0.5) is 23.8 Å². The molecule has 1 amide bonds. The summed E-state index contributed by atoms with van der Waals surface area (Å²) in [6.45, 7) is -0.752. The van der Waals surface area contributed by atoms with Crippen molar-refractivity contribution in [1.82, 2.24) is 4.98 Å². The summed E-state index contributed by atoms with van der Waals surface area (Å²) in [6, 6.07) is 3.67. The average Bonchev–Trinajstić information content (AvgIpc) is 2.71. The number of alkyl halides is 3. The second kappa shape index (κ2) is 4.41. The molecule has 1 aromatic rings. The number of halogens is 3. The maximum absolute atomic E-state index is 12.4. The zero-order valence-electron chi connectivity index (χ0n) is 9.22. The number of ether oxygens (including phenoxy) is 1. The van der Waals surface area contributed by atoms with Gasteiger partial charge in [-0.25, -0.2) is 14.6 Å². The van der Waals surface area contributed by atoms with Crippen molar-refractivity contribution in [2.24, 2.45) is 0 Å². The highest BCUT2D eigenvalue weighted by atomic mass is 19.4. The number of amides is 1. The normalized spacial score (nSPS) is 19.4. The molecule has 6 nitrogen and oxygen atoms in total. The highest BCUT2D eigenvalue weighted by Gasteiger charge is 2.50. The van der Waals surface area contributed by atoms with Crippen LogP contribution in [0, 0.1) is 0 Å². The van der Waals surface area contributed by atoms with Crippen LogP contribution in [0.5, 0.6) is 0 Å². The number of carbonyl (C=O) groups excluding carboxylic acids is 1. The Hall–Kier alpha value is -2.32. The van der Waals surface area contributed by atoms with Crippen molar-refractivity contribution >= 4 is 17.9 Å². The zero-order valence-corrected chi connectivity index (χ0v) is 9.22. The number of carboxylic acid groups (broad SMARTS) is 1. The Balaban J connectivity index is 2.26. The molecule has 0 bridgehead atoms. The number of pyridine rings is 1. The van der Waals surface area contributed by atoms with Gasteiger partial charge < -0.3 is 9.84 Å². The fraction of sp³-hybridized carbons (Fsp3) is 0.300. The molecule has 0 saturated carbocycles. The number of carboxylic acids is 1. The first-order chi connectivity index (χ1) is 8.79. The third-order valence-corrected chi connectivity index (χ3v) is 2.41. The van der Waals surface area contributed by atoms with Gasteiger partial charge in [0.05, 0.1) is 6.54 Å². The molecular weight excluding hydrogens is 269 g/mol. The second-order valence-electron chi connectivity index (χ2n) is 3.71. The lowest BCUT2D eigenvalue weighted by Crippen LogP contribution is -2.33. The van der Waals surface area contributed by atoms with Crippen LogP contribution < -0.4 is 4.90 Å². The molecule has 1 aliphatic rings. The number of hydrogen-bond acceptors (Lipinski definition) is 4. The van der Waals surface area contributed by atoms with Crippen LogP contribution in [-0.2, 0) is 4.74 Å². The standard InChI is InChI=1S/C10H7F3N2O4/c11-10(12,13)6-4-15(9(18)19-6)7-3-1-2-5(14-7)8(16)17/h1-3,6H,4H2,(H,16,17). The van der Waals surface area contributed by atoms with E-state index in [4.69, 9.17) is 5.11 Å². The van der Waals surface area contributed by atoms with Crippen LogP contribution in [0.1, 0.15) is 10.5 Å². The van der Waals surface area contributed by atoms with Crippen LogP contribution in [0.2, 0.25) is 0 Å². The fourth-order valence-corrected chi connectivity index (χ4v) is 1.51. The molecule has 2 rings (SSSR count). The molecular formula is C10H7F3N2O4. The lowest BCUT2D eigenvalue weighted by atomic mass is 10.3. The van der Waals surface area contributed by atoms with E-state index >= 15 is 0 Å². The minimum absolute atomic E-state index is 0.198. The van der Waals surface area contributed by atoms with Gasteiger partial charge in [-0.2, -0.15) is 13.2 Å². The summed E-state index contributed by atoms with van der Waals surface area (Å²) < 4.78 is 41.4. The first-order valence-electron chi connectivity index (χ1n) is 5.04. The first-order valence-corrected chi connectivity index (χ1v) is 5.04. The summed E-state index contributed by atoms with van der Waals surface area (Å²) in [5.41, 5.74) is -0.374. The van der Waals surface area contributed by atoms with E-state index in [0.717, 1.165) is 6.07 Å². The smallest absolute Gasteiger partial charge is 0.427 e. The number of cyclic esters (lactones) is 1. The zero-order chi connectivity index (χ0) is 14.2. The molecule has 1 aliphatic heterocycles. The van der Waals surface area contributed by atoms with Crippen LogP contribution in [0.15, 0.2) is 18.2 Å². The Morgan fingerprint density at radius 3 is 2.68 bits per heavy atom. The van der Waals surface area contributed by atoms with E-state index in [-0.39, 0.29) is 11.5 Å². The molecule has 19 heavy (non-hydrogen) atoms. The molecule has 9 heteroatoms. The quantitative estimate of drug-likeness (QED) is 0.888. The third kappa shape index (κ3) is 2.59. The summed E-state index contributed by atoms with van der Waals surface area (Å²) in [7, 11) is 0. The van der Waals surface area contributed by atoms with Crippen molar-refractivity contribution in [3.63, 3.8) is 0 Å². The van der Waals surface area contributed by atoms with Gasteiger partial charge in [0, 0.05) is 0 Å². The topological polar surface area (TPSA) is 79.7 Å². The van der Waals surface area contributed by atoms with Gasteiger partial charge in [-0.05, 0) is 12.1 Å². The molecule has 1 fully saturated rings. The molecule has 102 valence electrons. The molecule has 1 unspecified atom stereocenters. The van der Waals surface area contributed by atoms with E-state index in [1.807, 2.05) is 0 Å². The number of anilines is 1. The van der Waals surface area contributed by atoms with Gasteiger partial charge in [0.15, 0.2) is 5.69 Å². The third-order valence-electron chi connectivity index (χ3n) is 2.41. The van der Waals surface area contributed by atoms with Crippen LogP contribution in [-0.4, -0.2) is 41.0 Å². The highest BCUT2D eigenvalue weighted by Crippen LogP contribution is 2.30. The largest absolute Gasteiger partial charge is 0.477 e. The SMILES string of the molecule is O=C(O)c1cccc(N2CC(C(F)(F)F)OC2=O)n1. The molecule has 0 radical (unpaired) electrons. The minimum atomic E-state index is -4.67. The monoisotopic (exact) mass is 276 g/mol. The van der Waals surface area contributed by atoms with Crippen molar-refractivity contribution in [2.45, 2.75) is 12.3 Å². The van der Waals surface area contributed by atoms with E-state index in [9.17, 15) is 22.8 Å². The number of rotatable bonds is 2. The summed E-state index contributed by atoms with van der Waals surface area (Å²) in [5, 5.41) is 8.72. The van der Waals surface area contributed by atoms with Gasteiger partial charge in [-0.1, -0.05) is 6.07 Å². The first kappa shape index (κ1) is 13.1. The lowest BCUT2D eigenvalue weighted by molar-refractivity contribution is -0.191. The van der Waals surface area contributed by atoms with Gasteiger partial charge in [0.2, 0.25) is 6.10 Å². The molecule has 1 saturated heterocycles. The van der Waals surface area contributed by atoms with Crippen molar-refractivity contribution in [3.05, 3.63) is 23.9 Å². The van der Waals surface area contributed by atoms with Crippen molar-refractivity contribution in [1.29, 1.82) is 0 Å². The van der Waals surface area contributed by atoms with Crippen LogP contribution >= 0.6 is 0 Å². The van der Waals surface area contributed by atoms with Gasteiger partial charge in [0.25, 0.3) is 0 Å². The Bertz CT molecular complexity index is 532. The summed E-state index contributed by atoms with van der Waals surface area (Å²) >= 11 is 0. The molecule has 2 heterocycles. The fourth-order valence-electron chi connectivity index (χ4n) is 1.51. The second-order valence-corrected chi connectivity index (χ2v) is 3.71. The molecule has 0 spiro atoms. The van der Waals surface area contributed by atoms with E-state index in [1.165, 1.54) is 12.1 Å². The summed E-state index contributed by atoms with van der Waals surface area (Å²) in [6.07, 6.45) is -8.12. The maximum atomic E-state index is 12.4. The molecule has 1 aromatic heterocycles. The Morgan fingerprint density at radius 2 is 2.16 bits per heavy atom. The Labute approximate surface area is 104 Å². The number of carbonyl (C=O) groups is 2. The number of aromatic nitrogens is 1. The van der Waals surface area contributed by atoms with Crippen LogP contribution in [0.25, 0.3) is 0 Å². The summed E-state index contributed by atoms with van der Waals surface area (Å²) in [5.74, 6) is -1.54. The average molecular weight is 276 g/mol. The highest BCUT2D eigenvalue weighted by molar-refractivity contribution is 5.90. The van der Waals surface area contributed by atoms with E-state index in [1.54, 1.807) is 0 Å². The molecule has 1 atom stereocenters. The van der Waals surface area contributed by atoms with E-state index in [0.29, 0.717) is 4.90 Å². The van der Waals surface area contributed by atoms with Gasteiger partial charge in [-0.3, -0.25) is 4.90 Å². The number of nitrogens with zero attached hydrogens (tertiary/aromatic N) is 2. The van der Waals surface area contributed by atoms with Gasteiger partial charge in [-0.15, -0.1) is 0 Å². The van der Waals surface area contributed by atoms with Crippen molar-refractivity contribution in [3.8, 4) is 0 Å². The minimum Gasteiger partial charge on any atom is -0.477 e. The Kier molecular flexibility index (Phi) is 3.05. The molecule has 1 N–H and O–H groups in total. The van der Waals surface area contributed by atoms with Crippen LogP contribution in [0.3, 0.4) is 0 Å². The summed E-state index contributed by atoms with van der Waals surface area (Å²) in [4.78, 5) is 26.2. The van der Waals surface area contributed by atoms with Gasteiger partial charge >= 0.3 is 18.2 Å². The predicted octanol–water partition coefficient (Wildman–Crippen LogP) is 1.67. The number of hydrogen-bond donors (Lipinski definition) is 1. The van der Waals surface area contributed by atoms with Crippen molar-refractivity contribution < 1.29 is 32.6 Å². The molecule has 0 aromatic carbocycles. The molecule has 0 aliphatic carbocycles. The van der Waals surface area contributed by atoms with Crippen molar-refractivity contribution in [2.75, 3.05) is 11.4 Å².